The molecule has 0 unspecified atom stereocenters. The maximum atomic E-state index is 13.0. The van der Waals surface area contributed by atoms with E-state index in [1.165, 1.54) is 17.4 Å². The van der Waals surface area contributed by atoms with Crippen molar-refractivity contribution in [1.82, 2.24) is 5.32 Å². The Morgan fingerprint density at radius 3 is 2.88 bits per heavy atom. The third kappa shape index (κ3) is 4.47. The van der Waals surface area contributed by atoms with Gasteiger partial charge in [0.2, 0.25) is 0 Å². The molecule has 3 aromatic rings. The van der Waals surface area contributed by atoms with E-state index in [1.54, 1.807) is 12.1 Å². The van der Waals surface area contributed by atoms with Crippen molar-refractivity contribution in [3.8, 4) is 0 Å². The molecule has 32 heavy (non-hydrogen) atoms. The molecular formula is C24H26N2O5S. The zero-order valence-electron chi connectivity index (χ0n) is 18.2. The summed E-state index contributed by atoms with van der Waals surface area (Å²) in [5, 5.41) is 6.68. The molecule has 2 heterocycles. The highest BCUT2D eigenvalue weighted by molar-refractivity contribution is 7.17. The average molecular weight is 455 g/mol. The second kappa shape index (κ2) is 9.67. The SMILES string of the molecule is CCOCCCNC(=O)c1c(NC(=O)c2cc(=O)c3cccc(C)c3o2)sc2c1CCC2. The van der Waals surface area contributed by atoms with Crippen molar-refractivity contribution < 1.29 is 18.7 Å². The van der Waals surface area contributed by atoms with Gasteiger partial charge in [0.1, 0.15) is 10.6 Å². The lowest BCUT2D eigenvalue weighted by Gasteiger charge is -2.10. The zero-order chi connectivity index (χ0) is 22.7. The van der Waals surface area contributed by atoms with Crippen molar-refractivity contribution in [2.24, 2.45) is 0 Å². The molecule has 2 amide bonds. The van der Waals surface area contributed by atoms with Crippen molar-refractivity contribution in [3.63, 3.8) is 0 Å². The number of nitrogens with one attached hydrogen (secondary N) is 2. The van der Waals surface area contributed by atoms with E-state index >= 15 is 0 Å². The molecule has 2 N–H and O–H groups in total. The standard InChI is InChI=1S/C24H26N2O5S/c1-3-30-12-6-11-25-23(29)20-16-9-5-10-19(16)32-24(20)26-22(28)18-13-17(27)15-8-4-7-14(2)21(15)31-18/h4,7-8,13H,3,5-6,9-12H2,1-2H3,(H,25,29)(H,26,28). The van der Waals surface area contributed by atoms with Crippen LogP contribution >= 0.6 is 11.3 Å². The highest BCUT2D eigenvalue weighted by atomic mass is 32.1. The van der Waals surface area contributed by atoms with Crippen LogP contribution in [0, 0.1) is 6.92 Å². The maximum absolute atomic E-state index is 13.0. The van der Waals surface area contributed by atoms with Crippen LogP contribution in [0.2, 0.25) is 0 Å². The Kier molecular flexibility index (Phi) is 6.72. The topological polar surface area (TPSA) is 97.6 Å². The molecular weight excluding hydrogens is 428 g/mol. The summed E-state index contributed by atoms with van der Waals surface area (Å²) in [6.07, 6.45) is 3.42. The molecule has 1 aliphatic rings. The number of ether oxygens (including phenoxy) is 1. The summed E-state index contributed by atoms with van der Waals surface area (Å²) in [4.78, 5) is 39.5. The number of thiophene rings is 1. The molecule has 0 spiro atoms. The smallest absolute Gasteiger partial charge is 0.292 e. The minimum absolute atomic E-state index is 0.0755. The molecule has 1 aromatic carbocycles. The van der Waals surface area contributed by atoms with Gasteiger partial charge in [-0.3, -0.25) is 14.4 Å². The molecule has 0 atom stereocenters. The van der Waals surface area contributed by atoms with Gasteiger partial charge in [-0.05, 0) is 56.7 Å². The van der Waals surface area contributed by atoms with E-state index in [9.17, 15) is 14.4 Å². The Morgan fingerprint density at radius 1 is 1.22 bits per heavy atom. The Morgan fingerprint density at radius 2 is 2.06 bits per heavy atom. The van der Waals surface area contributed by atoms with Crippen LogP contribution in [-0.2, 0) is 17.6 Å². The van der Waals surface area contributed by atoms with Crippen molar-refractivity contribution in [2.45, 2.75) is 39.5 Å². The van der Waals surface area contributed by atoms with Gasteiger partial charge in [-0.1, -0.05) is 12.1 Å². The van der Waals surface area contributed by atoms with Crippen molar-refractivity contribution in [2.75, 3.05) is 25.1 Å². The number of para-hydroxylation sites is 1. The van der Waals surface area contributed by atoms with Gasteiger partial charge in [-0.25, -0.2) is 0 Å². The lowest BCUT2D eigenvalue weighted by molar-refractivity contribution is 0.0944. The molecule has 0 fully saturated rings. The summed E-state index contributed by atoms with van der Waals surface area (Å²) in [5.41, 5.74) is 2.42. The first-order valence-electron chi connectivity index (χ1n) is 10.8. The van der Waals surface area contributed by atoms with Crippen molar-refractivity contribution in [3.05, 3.63) is 61.8 Å². The summed E-state index contributed by atoms with van der Waals surface area (Å²) >= 11 is 1.42. The molecule has 0 aliphatic heterocycles. The van der Waals surface area contributed by atoms with E-state index in [4.69, 9.17) is 9.15 Å². The fourth-order valence-corrected chi connectivity index (χ4v) is 5.22. The number of rotatable bonds is 8. The fraction of sp³-hybridized carbons (Fsp3) is 0.375. The number of hydrogen-bond donors (Lipinski definition) is 2. The second-order valence-electron chi connectivity index (χ2n) is 7.75. The minimum atomic E-state index is -0.544. The quantitative estimate of drug-likeness (QED) is 0.500. The van der Waals surface area contributed by atoms with Crippen LogP contribution in [0.1, 0.15) is 56.7 Å². The first kappa shape index (κ1) is 22.2. The molecule has 7 nitrogen and oxygen atoms in total. The van der Waals surface area contributed by atoms with E-state index in [0.29, 0.717) is 41.3 Å². The van der Waals surface area contributed by atoms with Crippen LogP contribution in [0.15, 0.2) is 33.5 Å². The molecule has 8 heteroatoms. The first-order chi connectivity index (χ1) is 15.5. The summed E-state index contributed by atoms with van der Waals surface area (Å²) in [6, 6.07) is 6.48. The van der Waals surface area contributed by atoms with Gasteiger partial charge in [0.05, 0.1) is 10.9 Å². The van der Waals surface area contributed by atoms with Crippen LogP contribution in [0.3, 0.4) is 0 Å². The molecule has 0 radical (unpaired) electrons. The molecule has 4 rings (SSSR count). The maximum Gasteiger partial charge on any atom is 0.292 e. The predicted molar refractivity (Wildman–Crippen MR) is 125 cm³/mol. The minimum Gasteiger partial charge on any atom is -0.450 e. The Hall–Kier alpha value is -2.97. The van der Waals surface area contributed by atoms with Crippen LogP contribution in [0.4, 0.5) is 5.00 Å². The highest BCUT2D eigenvalue weighted by Crippen LogP contribution is 2.39. The monoisotopic (exact) mass is 454 g/mol. The van der Waals surface area contributed by atoms with E-state index in [-0.39, 0.29) is 17.1 Å². The molecule has 0 saturated heterocycles. The van der Waals surface area contributed by atoms with E-state index in [1.807, 2.05) is 19.9 Å². The number of fused-ring (bicyclic) bond motifs is 2. The molecule has 1 aliphatic carbocycles. The van der Waals surface area contributed by atoms with Crippen LogP contribution in [0.5, 0.6) is 0 Å². The Labute approximate surface area is 189 Å². The number of hydrogen-bond acceptors (Lipinski definition) is 6. The summed E-state index contributed by atoms with van der Waals surface area (Å²) in [6.45, 7) is 5.48. The second-order valence-corrected chi connectivity index (χ2v) is 8.85. The first-order valence-corrected chi connectivity index (χ1v) is 11.7. The number of amides is 2. The largest absolute Gasteiger partial charge is 0.450 e. The van der Waals surface area contributed by atoms with Crippen molar-refractivity contribution >= 4 is 39.1 Å². The molecule has 0 bridgehead atoms. The van der Waals surface area contributed by atoms with Gasteiger partial charge in [-0.15, -0.1) is 11.3 Å². The highest BCUT2D eigenvalue weighted by Gasteiger charge is 2.28. The van der Waals surface area contributed by atoms with E-state index in [0.717, 1.165) is 41.7 Å². The molecule has 168 valence electrons. The van der Waals surface area contributed by atoms with Gasteiger partial charge < -0.3 is 19.8 Å². The zero-order valence-corrected chi connectivity index (χ0v) is 19.0. The lowest BCUT2D eigenvalue weighted by Crippen LogP contribution is -2.27. The average Bonchev–Trinajstić information content (AvgIpc) is 3.35. The predicted octanol–water partition coefficient (Wildman–Crippen LogP) is 4.06. The normalized spacial score (nSPS) is 12.7. The van der Waals surface area contributed by atoms with Crippen LogP contribution < -0.4 is 16.1 Å². The third-order valence-electron chi connectivity index (χ3n) is 5.51. The Balaban J connectivity index is 1.58. The van der Waals surface area contributed by atoms with Gasteiger partial charge >= 0.3 is 0 Å². The van der Waals surface area contributed by atoms with Gasteiger partial charge in [0.25, 0.3) is 11.8 Å². The van der Waals surface area contributed by atoms with Crippen molar-refractivity contribution in [1.29, 1.82) is 0 Å². The van der Waals surface area contributed by atoms with Crippen LogP contribution in [-0.4, -0.2) is 31.6 Å². The van der Waals surface area contributed by atoms with Gasteiger partial charge in [-0.2, -0.15) is 0 Å². The number of benzene rings is 1. The number of aryl methyl sites for hydroxylation is 2. The van der Waals surface area contributed by atoms with Gasteiger partial charge in [0, 0.05) is 30.7 Å². The Bertz CT molecular complexity index is 1230. The third-order valence-corrected chi connectivity index (χ3v) is 6.71. The van der Waals surface area contributed by atoms with Gasteiger partial charge in [0.15, 0.2) is 11.2 Å². The van der Waals surface area contributed by atoms with E-state index < -0.39 is 5.91 Å². The van der Waals surface area contributed by atoms with Crippen LogP contribution in [0.25, 0.3) is 11.0 Å². The number of anilines is 1. The number of carbonyl (C=O) groups is 2. The molecule has 2 aromatic heterocycles. The van der Waals surface area contributed by atoms with E-state index in [2.05, 4.69) is 10.6 Å². The molecule has 0 saturated carbocycles. The summed E-state index contributed by atoms with van der Waals surface area (Å²) in [7, 11) is 0. The number of carbonyl (C=O) groups excluding carboxylic acids is 2. The summed E-state index contributed by atoms with van der Waals surface area (Å²) < 4.78 is 11.1. The fourth-order valence-electron chi connectivity index (χ4n) is 3.94. The summed E-state index contributed by atoms with van der Waals surface area (Å²) in [5.74, 6) is -0.821. The lowest BCUT2D eigenvalue weighted by atomic mass is 10.1.